The van der Waals surface area contributed by atoms with Crippen molar-refractivity contribution in [2.45, 2.75) is 0 Å². The van der Waals surface area contributed by atoms with Crippen LogP contribution in [0.15, 0.2) is 25.3 Å². The maximum absolute atomic E-state index is 9.83. The Balaban J connectivity index is 0. The van der Waals surface area contributed by atoms with E-state index in [1.165, 1.54) is 0 Å². The fraction of sp³-hybridized carbons (Fsp3) is 0. The summed E-state index contributed by atoms with van der Waals surface area (Å²) in [7, 11) is 0. The molecule has 0 saturated heterocycles. The molecule has 0 saturated carbocycles. The molecule has 0 fully saturated rings. The molecule has 0 aliphatic heterocycles. The Morgan fingerprint density at radius 2 is 1.64 bits per heavy atom. The highest BCUT2D eigenvalue weighted by atomic mass is 16.2. The first-order valence-electron chi connectivity index (χ1n) is 2.63. The van der Waals surface area contributed by atoms with Crippen LogP contribution in [0.3, 0.4) is 0 Å². The molecule has 0 aliphatic carbocycles. The second-order valence-electron chi connectivity index (χ2n) is 1.32. The zero-order chi connectivity index (χ0) is 9.28. The molecule has 0 radical (unpaired) electrons. The molecule has 0 spiro atoms. The van der Waals surface area contributed by atoms with Gasteiger partial charge in [0.2, 0.25) is 5.91 Å². The molecule has 0 bridgehead atoms. The fourth-order valence-corrected chi connectivity index (χ4v) is 0.0589. The zero-order valence-corrected chi connectivity index (χ0v) is 6.04. The lowest BCUT2D eigenvalue weighted by Crippen LogP contribution is -2.27. The molecule has 5 heteroatoms. The third kappa shape index (κ3) is 17.8. The van der Waals surface area contributed by atoms with Gasteiger partial charge in [-0.1, -0.05) is 13.2 Å². The standard InChI is InChI=1S/C3H6N2O.C3H5NO/c1-2-3(6)5-4;1-2-3(4)5/h2H,1,4H2,(H,5,6);2H,1H2,(H2,4,5). The first kappa shape index (κ1) is 12.1. The normalized spacial score (nSPS) is 6.64. The van der Waals surface area contributed by atoms with Crippen molar-refractivity contribution in [2.24, 2.45) is 11.6 Å². The number of hydrogen-bond donors (Lipinski definition) is 3. The first-order valence-corrected chi connectivity index (χ1v) is 2.63. The van der Waals surface area contributed by atoms with Crippen molar-refractivity contribution in [3.05, 3.63) is 25.3 Å². The van der Waals surface area contributed by atoms with E-state index in [1.54, 1.807) is 0 Å². The fourth-order valence-electron chi connectivity index (χ4n) is 0.0589. The van der Waals surface area contributed by atoms with Crippen molar-refractivity contribution < 1.29 is 9.59 Å². The quantitative estimate of drug-likeness (QED) is 0.203. The van der Waals surface area contributed by atoms with Gasteiger partial charge in [-0.2, -0.15) is 0 Å². The van der Waals surface area contributed by atoms with E-state index >= 15 is 0 Å². The van der Waals surface area contributed by atoms with E-state index in [-0.39, 0.29) is 5.91 Å². The zero-order valence-electron chi connectivity index (χ0n) is 6.04. The molecule has 5 N–H and O–H groups in total. The lowest BCUT2D eigenvalue weighted by Gasteiger charge is -1.82. The number of nitrogens with two attached hydrogens (primary N) is 2. The van der Waals surface area contributed by atoms with Gasteiger partial charge in [-0.15, -0.1) is 0 Å². The minimum absolute atomic E-state index is 0.366. The minimum atomic E-state index is -0.481. The van der Waals surface area contributed by atoms with Crippen LogP contribution in [0.1, 0.15) is 0 Å². The molecular formula is C6H11N3O2. The molecule has 0 aromatic carbocycles. The summed E-state index contributed by atoms with van der Waals surface area (Å²) in [6, 6.07) is 0. The summed E-state index contributed by atoms with van der Waals surface area (Å²) in [4.78, 5) is 19.3. The van der Waals surface area contributed by atoms with Gasteiger partial charge in [0.05, 0.1) is 0 Å². The molecule has 5 nitrogen and oxygen atoms in total. The third-order valence-corrected chi connectivity index (χ3v) is 0.529. The first-order chi connectivity index (χ1) is 5.08. The Hall–Kier alpha value is -1.62. The summed E-state index contributed by atoms with van der Waals surface area (Å²) in [5, 5.41) is 0. The van der Waals surface area contributed by atoms with Crippen molar-refractivity contribution in [3.63, 3.8) is 0 Å². The van der Waals surface area contributed by atoms with Crippen LogP contribution in [0.4, 0.5) is 0 Å². The number of rotatable bonds is 2. The van der Waals surface area contributed by atoms with Gasteiger partial charge in [-0.3, -0.25) is 15.0 Å². The van der Waals surface area contributed by atoms with Crippen molar-refractivity contribution in [2.75, 3.05) is 0 Å². The molecule has 62 valence electrons. The average molecular weight is 157 g/mol. The van der Waals surface area contributed by atoms with Gasteiger partial charge in [-0.25, -0.2) is 5.84 Å². The molecular weight excluding hydrogens is 146 g/mol. The van der Waals surface area contributed by atoms with E-state index in [2.05, 4.69) is 24.7 Å². The van der Waals surface area contributed by atoms with Crippen molar-refractivity contribution in [3.8, 4) is 0 Å². The van der Waals surface area contributed by atoms with Crippen molar-refractivity contribution in [1.82, 2.24) is 5.43 Å². The van der Waals surface area contributed by atoms with Crippen molar-refractivity contribution >= 4 is 11.8 Å². The summed E-state index contributed by atoms with van der Waals surface area (Å²) >= 11 is 0. The molecule has 0 aromatic heterocycles. The van der Waals surface area contributed by atoms with Crippen LogP contribution < -0.4 is 17.0 Å². The number of amides is 2. The van der Waals surface area contributed by atoms with Gasteiger partial charge in [-0.05, 0) is 12.2 Å². The van der Waals surface area contributed by atoms with Gasteiger partial charge in [0.25, 0.3) is 5.91 Å². The lowest BCUT2D eigenvalue weighted by atomic mass is 10.6. The molecule has 0 heterocycles. The summed E-state index contributed by atoms with van der Waals surface area (Å²) < 4.78 is 0. The van der Waals surface area contributed by atoms with Gasteiger partial charge in [0.1, 0.15) is 0 Å². The molecule has 2 amide bonds. The summed E-state index contributed by atoms with van der Waals surface area (Å²) in [6.45, 7) is 6.23. The van der Waals surface area contributed by atoms with Gasteiger partial charge < -0.3 is 5.73 Å². The van der Waals surface area contributed by atoms with E-state index in [4.69, 9.17) is 0 Å². The van der Waals surface area contributed by atoms with E-state index < -0.39 is 5.91 Å². The maximum atomic E-state index is 9.83. The number of carbonyl (C=O) groups excluding carboxylic acids is 2. The molecule has 0 unspecified atom stereocenters. The molecule has 11 heavy (non-hydrogen) atoms. The number of hydrazine groups is 1. The lowest BCUT2D eigenvalue weighted by molar-refractivity contribution is -0.116. The summed E-state index contributed by atoms with van der Waals surface area (Å²) in [5.74, 6) is 3.76. The monoisotopic (exact) mass is 157 g/mol. The summed E-state index contributed by atoms with van der Waals surface area (Å²) in [6.07, 6.45) is 2.15. The number of primary amides is 1. The number of hydrogen-bond acceptors (Lipinski definition) is 3. The van der Waals surface area contributed by atoms with Gasteiger partial charge in [0, 0.05) is 0 Å². The molecule has 0 aliphatic rings. The number of nitrogens with one attached hydrogen (secondary N) is 1. The highest BCUT2D eigenvalue weighted by molar-refractivity contribution is 5.86. The smallest absolute Gasteiger partial charge is 0.257 e. The summed E-state index contributed by atoms with van der Waals surface area (Å²) in [5.41, 5.74) is 6.39. The Kier molecular flexibility index (Phi) is 9.21. The van der Waals surface area contributed by atoms with E-state index in [0.29, 0.717) is 0 Å². The largest absolute Gasteiger partial charge is 0.366 e. The Labute approximate surface area is 64.7 Å². The minimum Gasteiger partial charge on any atom is -0.366 e. The Morgan fingerprint density at radius 1 is 1.27 bits per heavy atom. The van der Waals surface area contributed by atoms with Crippen LogP contribution in [0.2, 0.25) is 0 Å². The SMILES string of the molecule is C=CC(=O)NN.C=CC(N)=O. The van der Waals surface area contributed by atoms with Crippen LogP contribution in [0.5, 0.6) is 0 Å². The molecule has 0 rings (SSSR count). The number of carbonyl (C=O) groups is 2. The second-order valence-corrected chi connectivity index (χ2v) is 1.32. The van der Waals surface area contributed by atoms with Crippen LogP contribution in [0.25, 0.3) is 0 Å². The van der Waals surface area contributed by atoms with Gasteiger partial charge >= 0.3 is 0 Å². The van der Waals surface area contributed by atoms with Crippen LogP contribution in [0, 0.1) is 0 Å². The Bertz CT molecular complexity index is 165. The van der Waals surface area contributed by atoms with Crippen LogP contribution in [-0.4, -0.2) is 11.8 Å². The molecule has 0 aromatic rings. The highest BCUT2D eigenvalue weighted by Crippen LogP contribution is 1.54. The van der Waals surface area contributed by atoms with Gasteiger partial charge in [0.15, 0.2) is 0 Å². The maximum Gasteiger partial charge on any atom is 0.257 e. The van der Waals surface area contributed by atoms with E-state index in [0.717, 1.165) is 12.2 Å². The Morgan fingerprint density at radius 3 is 1.64 bits per heavy atom. The predicted molar refractivity (Wildman–Crippen MR) is 41.9 cm³/mol. The predicted octanol–water partition coefficient (Wildman–Crippen LogP) is -1.18. The highest BCUT2D eigenvalue weighted by Gasteiger charge is 1.79. The van der Waals surface area contributed by atoms with Crippen LogP contribution >= 0.6 is 0 Å². The van der Waals surface area contributed by atoms with E-state index in [1.807, 2.05) is 5.43 Å². The second kappa shape index (κ2) is 8.38. The molecule has 0 atom stereocenters. The third-order valence-electron chi connectivity index (χ3n) is 0.529. The average Bonchev–Trinajstić information content (AvgIpc) is 2.04. The van der Waals surface area contributed by atoms with Crippen molar-refractivity contribution in [1.29, 1.82) is 0 Å². The van der Waals surface area contributed by atoms with Crippen LogP contribution in [-0.2, 0) is 9.59 Å². The van der Waals surface area contributed by atoms with E-state index in [9.17, 15) is 9.59 Å². The topological polar surface area (TPSA) is 98.2 Å².